The zero-order valence-electron chi connectivity index (χ0n) is 16.6. The molecule has 2 atom stereocenters. The summed E-state index contributed by atoms with van der Waals surface area (Å²) >= 11 is 7.27. The molecule has 2 aliphatic rings. The van der Waals surface area contributed by atoms with E-state index in [4.69, 9.17) is 25.8 Å². The van der Waals surface area contributed by atoms with Crippen LogP contribution >= 0.6 is 23.4 Å². The second kappa shape index (κ2) is 9.34. The lowest BCUT2D eigenvalue weighted by Crippen LogP contribution is -2.37. The predicted octanol–water partition coefficient (Wildman–Crippen LogP) is 5.54. The summed E-state index contributed by atoms with van der Waals surface area (Å²) in [5, 5.41) is 0.530. The molecule has 1 aliphatic heterocycles. The fourth-order valence-corrected chi connectivity index (χ4v) is 4.78. The average Bonchev–Trinajstić information content (AvgIpc) is 3.12. The molecular formula is C21H23ClF2N2O3S. The van der Waals surface area contributed by atoms with Gasteiger partial charge in [-0.25, -0.2) is 13.8 Å². The molecule has 1 saturated carbocycles. The van der Waals surface area contributed by atoms with Crippen LogP contribution < -0.4 is 4.74 Å². The van der Waals surface area contributed by atoms with Crippen LogP contribution in [0.3, 0.4) is 0 Å². The van der Waals surface area contributed by atoms with E-state index in [1.165, 1.54) is 24.6 Å². The highest BCUT2D eigenvalue weighted by atomic mass is 35.5. The highest BCUT2D eigenvalue weighted by molar-refractivity contribution is 7.98. The minimum Gasteiger partial charge on any atom is -0.472 e. The van der Waals surface area contributed by atoms with Gasteiger partial charge in [0.1, 0.15) is 17.4 Å². The minimum absolute atomic E-state index is 0.168. The van der Waals surface area contributed by atoms with E-state index < -0.39 is 17.4 Å². The maximum absolute atomic E-state index is 13.9. The van der Waals surface area contributed by atoms with Crippen LogP contribution in [0, 0.1) is 11.6 Å². The number of benzene rings is 1. The molecule has 0 bridgehead atoms. The molecular weight excluding hydrogens is 434 g/mol. The molecule has 1 aromatic heterocycles. The molecule has 30 heavy (non-hydrogen) atoms. The SMILES string of the molecule is C[C@H](Oc1cc(Cl)nc(SCc2cccc(F)c2F)n1)C1COC2(CCCCC2)O1. The van der Waals surface area contributed by atoms with Gasteiger partial charge in [-0.15, -0.1) is 0 Å². The van der Waals surface area contributed by atoms with Crippen molar-refractivity contribution in [3.63, 3.8) is 0 Å². The number of nitrogens with zero attached hydrogens (tertiary/aromatic N) is 2. The first-order chi connectivity index (χ1) is 14.4. The first-order valence-corrected chi connectivity index (χ1v) is 11.4. The van der Waals surface area contributed by atoms with Crippen molar-refractivity contribution in [3.05, 3.63) is 46.6 Å². The number of hydrogen-bond donors (Lipinski definition) is 0. The monoisotopic (exact) mass is 456 g/mol. The highest BCUT2D eigenvalue weighted by Gasteiger charge is 2.44. The Hall–Kier alpha value is -1.48. The zero-order chi connectivity index (χ0) is 21.1. The number of rotatable bonds is 6. The van der Waals surface area contributed by atoms with Gasteiger partial charge in [0.05, 0.1) is 6.61 Å². The molecule has 2 aromatic rings. The molecule has 0 amide bonds. The lowest BCUT2D eigenvalue weighted by Gasteiger charge is -2.32. The predicted molar refractivity (Wildman–Crippen MR) is 110 cm³/mol. The van der Waals surface area contributed by atoms with E-state index in [2.05, 4.69) is 9.97 Å². The van der Waals surface area contributed by atoms with Crippen LogP contribution in [0.15, 0.2) is 29.4 Å². The van der Waals surface area contributed by atoms with Gasteiger partial charge in [0, 0.05) is 30.2 Å². The van der Waals surface area contributed by atoms with E-state index in [9.17, 15) is 8.78 Å². The van der Waals surface area contributed by atoms with Crippen molar-refractivity contribution in [2.75, 3.05) is 6.61 Å². The van der Waals surface area contributed by atoms with Crippen molar-refractivity contribution in [1.29, 1.82) is 0 Å². The molecule has 9 heteroatoms. The summed E-state index contributed by atoms with van der Waals surface area (Å²) in [6.45, 7) is 2.38. The van der Waals surface area contributed by atoms with E-state index in [1.807, 2.05) is 6.92 Å². The molecule has 1 unspecified atom stereocenters. The van der Waals surface area contributed by atoms with Crippen LogP contribution in [0.25, 0.3) is 0 Å². The van der Waals surface area contributed by atoms with Crippen molar-refractivity contribution in [3.8, 4) is 5.88 Å². The highest BCUT2D eigenvalue weighted by Crippen LogP contribution is 2.39. The topological polar surface area (TPSA) is 53.5 Å². The van der Waals surface area contributed by atoms with Crippen molar-refractivity contribution < 1.29 is 23.0 Å². The van der Waals surface area contributed by atoms with Crippen LogP contribution in [0.5, 0.6) is 5.88 Å². The lowest BCUT2D eigenvalue weighted by atomic mass is 9.94. The third-order valence-electron chi connectivity index (χ3n) is 5.36. The molecule has 1 aliphatic carbocycles. The Kier molecular flexibility index (Phi) is 6.77. The first kappa shape index (κ1) is 21.7. The summed E-state index contributed by atoms with van der Waals surface area (Å²) in [6, 6.07) is 5.59. The van der Waals surface area contributed by atoms with Gasteiger partial charge in [-0.3, -0.25) is 0 Å². The summed E-state index contributed by atoms with van der Waals surface area (Å²) in [6.07, 6.45) is 4.75. The zero-order valence-corrected chi connectivity index (χ0v) is 18.1. The fourth-order valence-electron chi connectivity index (χ4n) is 3.73. The van der Waals surface area contributed by atoms with Crippen LogP contribution in [-0.2, 0) is 15.2 Å². The van der Waals surface area contributed by atoms with E-state index in [1.54, 1.807) is 0 Å². The largest absolute Gasteiger partial charge is 0.472 e. The van der Waals surface area contributed by atoms with Gasteiger partial charge in [-0.05, 0) is 25.8 Å². The molecule has 4 rings (SSSR count). The molecule has 2 heterocycles. The van der Waals surface area contributed by atoms with Gasteiger partial charge in [-0.1, -0.05) is 41.9 Å². The molecule has 0 N–H and O–H groups in total. The number of thioether (sulfide) groups is 1. The second-order valence-corrected chi connectivity index (χ2v) is 8.90. The second-order valence-electron chi connectivity index (χ2n) is 7.57. The summed E-state index contributed by atoms with van der Waals surface area (Å²) < 4.78 is 45.4. The molecule has 162 valence electrons. The maximum atomic E-state index is 13.9. The normalized spacial score (nSPS) is 21.7. The third-order valence-corrected chi connectivity index (χ3v) is 6.45. The quantitative estimate of drug-likeness (QED) is 0.323. The molecule has 1 saturated heterocycles. The Morgan fingerprint density at radius 2 is 2.07 bits per heavy atom. The lowest BCUT2D eigenvalue weighted by molar-refractivity contribution is -0.193. The number of hydrogen-bond acceptors (Lipinski definition) is 6. The van der Waals surface area contributed by atoms with E-state index in [0.717, 1.165) is 43.5 Å². The van der Waals surface area contributed by atoms with Crippen LogP contribution in [0.2, 0.25) is 5.15 Å². The average molecular weight is 457 g/mol. The van der Waals surface area contributed by atoms with Crippen molar-refractivity contribution in [1.82, 2.24) is 9.97 Å². The number of aromatic nitrogens is 2. The maximum Gasteiger partial charge on any atom is 0.219 e. The fraction of sp³-hybridized carbons (Fsp3) is 0.524. The van der Waals surface area contributed by atoms with Gasteiger partial charge in [0.15, 0.2) is 22.6 Å². The smallest absolute Gasteiger partial charge is 0.219 e. The van der Waals surface area contributed by atoms with Crippen LogP contribution in [0.1, 0.15) is 44.6 Å². The summed E-state index contributed by atoms with van der Waals surface area (Å²) in [7, 11) is 0. The van der Waals surface area contributed by atoms with Gasteiger partial charge >= 0.3 is 0 Å². The van der Waals surface area contributed by atoms with Crippen molar-refractivity contribution in [2.24, 2.45) is 0 Å². The molecule has 5 nitrogen and oxygen atoms in total. The molecule has 1 spiro atoms. The van der Waals surface area contributed by atoms with Crippen molar-refractivity contribution in [2.45, 2.75) is 67.9 Å². The van der Waals surface area contributed by atoms with Crippen LogP contribution in [0.4, 0.5) is 8.78 Å². The summed E-state index contributed by atoms with van der Waals surface area (Å²) in [5.74, 6) is -1.75. The van der Waals surface area contributed by atoms with E-state index >= 15 is 0 Å². The molecule has 0 radical (unpaired) electrons. The summed E-state index contributed by atoms with van der Waals surface area (Å²) in [4.78, 5) is 8.49. The van der Waals surface area contributed by atoms with E-state index in [-0.39, 0.29) is 28.7 Å². The van der Waals surface area contributed by atoms with Crippen LogP contribution in [-0.4, -0.2) is 34.6 Å². The van der Waals surface area contributed by atoms with Crippen molar-refractivity contribution >= 4 is 23.4 Å². The molecule has 1 aromatic carbocycles. The standard InChI is InChI=1S/C21H23ClF2N2O3S/c1-13(16-11-27-21(29-16)8-3-2-4-9-21)28-18-10-17(22)25-20(26-18)30-12-14-6-5-7-15(23)19(14)24/h5-7,10,13,16H,2-4,8-9,11-12H2,1H3/t13-,16?/m0/s1. The van der Waals surface area contributed by atoms with Gasteiger partial charge < -0.3 is 14.2 Å². The Labute approximate surface area is 183 Å². The Balaban J connectivity index is 1.39. The number of ether oxygens (including phenoxy) is 3. The third kappa shape index (κ3) is 5.04. The van der Waals surface area contributed by atoms with Gasteiger partial charge in [-0.2, -0.15) is 4.98 Å². The van der Waals surface area contributed by atoms with E-state index in [0.29, 0.717) is 17.6 Å². The summed E-state index contributed by atoms with van der Waals surface area (Å²) in [5.41, 5.74) is 0.230. The Bertz CT molecular complexity index is 899. The number of halogens is 3. The minimum atomic E-state index is -0.882. The first-order valence-electron chi connectivity index (χ1n) is 10.0. The van der Waals surface area contributed by atoms with Gasteiger partial charge in [0.2, 0.25) is 5.88 Å². The van der Waals surface area contributed by atoms with Gasteiger partial charge in [0.25, 0.3) is 0 Å². The Morgan fingerprint density at radius 1 is 1.27 bits per heavy atom. The molecule has 2 fully saturated rings. The Morgan fingerprint density at radius 3 is 2.87 bits per heavy atom.